The minimum atomic E-state index is -4.89. The first-order valence-corrected chi connectivity index (χ1v) is 8.45. The summed E-state index contributed by atoms with van der Waals surface area (Å²) in [7, 11) is 0. The molecule has 0 radical (unpaired) electrons. The minimum Gasteiger partial charge on any atom is -0.480 e. The number of allylic oxidation sites excluding steroid dienone is 1. The lowest BCUT2D eigenvalue weighted by molar-refractivity contribution is -0.274. The van der Waals surface area contributed by atoms with Crippen LogP contribution in [0.2, 0.25) is 0 Å². The molecule has 3 rings (SSSR count). The molecule has 4 atom stereocenters. The number of hydrogen-bond acceptors (Lipinski definition) is 5. The summed E-state index contributed by atoms with van der Waals surface area (Å²) in [6.45, 7) is 1.72. The van der Waals surface area contributed by atoms with Gasteiger partial charge in [-0.15, -0.1) is 13.2 Å². The van der Waals surface area contributed by atoms with E-state index < -0.39 is 53.8 Å². The molecule has 28 heavy (non-hydrogen) atoms. The Kier molecular flexibility index (Phi) is 5.16. The molecule has 1 aromatic rings. The number of ether oxygens (including phenoxy) is 1. The summed E-state index contributed by atoms with van der Waals surface area (Å²) in [5, 5.41) is 12.2. The summed E-state index contributed by atoms with van der Waals surface area (Å²) in [5.74, 6) is -5.14. The van der Waals surface area contributed by atoms with E-state index in [0.717, 1.165) is 17.0 Å². The van der Waals surface area contributed by atoms with E-state index in [1.807, 2.05) is 0 Å². The van der Waals surface area contributed by atoms with Gasteiger partial charge in [0.05, 0.1) is 11.8 Å². The number of amides is 2. The first-order chi connectivity index (χ1) is 13.1. The fourth-order valence-corrected chi connectivity index (χ4v) is 3.70. The van der Waals surface area contributed by atoms with E-state index in [9.17, 15) is 32.7 Å². The summed E-state index contributed by atoms with van der Waals surface area (Å²) < 4.78 is 41.4. The van der Waals surface area contributed by atoms with Crippen LogP contribution in [0.5, 0.6) is 5.75 Å². The number of fused-ring (bicyclic) bond motifs is 1. The molecule has 4 unspecified atom stereocenters. The van der Waals surface area contributed by atoms with Crippen LogP contribution < -0.4 is 10.1 Å². The first kappa shape index (κ1) is 19.9. The number of nitrogens with zero attached hydrogens (tertiary/aromatic N) is 1. The Hall–Kier alpha value is -2.88. The number of carboxylic acids is 1. The lowest BCUT2D eigenvalue weighted by Gasteiger charge is -2.21. The van der Waals surface area contributed by atoms with Crippen molar-refractivity contribution in [1.29, 1.82) is 0 Å². The smallest absolute Gasteiger partial charge is 0.480 e. The van der Waals surface area contributed by atoms with Crippen LogP contribution in [-0.2, 0) is 14.4 Å². The maximum atomic E-state index is 12.8. The molecule has 0 aromatic heterocycles. The van der Waals surface area contributed by atoms with E-state index in [2.05, 4.69) is 10.1 Å². The zero-order valence-corrected chi connectivity index (χ0v) is 14.6. The molecule has 2 N–H and O–H groups in total. The number of alkyl halides is 3. The zero-order valence-electron chi connectivity index (χ0n) is 14.6. The Morgan fingerprint density at radius 3 is 2.57 bits per heavy atom. The van der Waals surface area contributed by atoms with Crippen molar-refractivity contribution in [2.75, 3.05) is 6.54 Å². The second kappa shape index (κ2) is 7.27. The van der Waals surface area contributed by atoms with Gasteiger partial charge in [0.15, 0.2) is 0 Å². The number of carbonyl (C=O) groups is 3. The predicted octanol–water partition coefficient (Wildman–Crippen LogP) is 1.86. The Bertz CT molecular complexity index is 839. The molecule has 2 aliphatic heterocycles. The van der Waals surface area contributed by atoms with E-state index in [1.165, 1.54) is 12.1 Å². The van der Waals surface area contributed by atoms with Crippen molar-refractivity contribution in [2.24, 2.45) is 11.8 Å². The number of halogens is 3. The molecule has 0 bridgehead atoms. The highest BCUT2D eigenvalue weighted by molar-refractivity contribution is 6.08. The van der Waals surface area contributed by atoms with E-state index in [1.54, 1.807) is 19.1 Å². The molecule has 2 aliphatic rings. The van der Waals surface area contributed by atoms with Crippen molar-refractivity contribution in [1.82, 2.24) is 10.2 Å². The van der Waals surface area contributed by atoms with Gasteiger partial charge < -0.3 is 9.84 Å². The van der Waals surface area contributed by atoms with Gasteiger partial charge in [-0.05, 0) is 24.6 Å². The number of likely N-dealkylation sites (tertiary alicyclic amines) is 1. The maximum absolute atomic E-state index is 12.8. The molecule has 2 heterocycles. The SMILES string of the molecule is CC=CCN1C(=O)C2C(C(=O)O)NC(c3cccc(OC(F)(F)F)c3)C2C1=O. The molecule has 2 fully saturated rings. The van der Waals surface area contributed by atoms with Gasteiger partial charge in [0, 0.05) is 12.6 Å². The van der Waals surface area contributed by atoms with Crippen LogP contribution in [0.25, 0.3) is 0 Å². The third kappa shape index (κ3) is 3.59. The van der Waals surface area contributed by atoms with Crippen molar-refractivity contribution in [3.8, 4) is 5.75 Å². The number of carbonyl (C=O) groups excluding carboxylic acids is 2. The van der Waals surface area contributed by atoms with Crippen LogP contribution in [0.15, 0.2) is 36.4 Å². The van der Waals surface area contributed by atoms with Gasteiger partial charge in [0.25, 0.3) is 0 Å². The van der Waals surface area contributed by atoms with E-state index in [0.29, 0.717) is 0 Å². The lowest BCUT2D eigenvalue weighted by atomic mass is 9.86. The first-order valence-electron chi connectivity index (χ1n) is 8.45. The molecule has 1 aromatic carbocycles. The number of rotatable bonds is 5. The van der Waals surface area contributed by atoms with Gasteiger partial charge in [-0.25, -0.2) is 0 Å². The van der Waals surface area contributed by atoms with Crippen LogP contribution >= 0.6 is 0 Å². The summed E-state index contributed by atoms with van der Waals surface area (Å²) in [6.07, 6.45) is -1.65. The Balaban J connectivity index is 1.96. The maximum Gasteiger partial charge on any atom is 0.573 e. The third-order valence-corrected chi connectivity index (χ3v) is 4.81. The van der Waals surface area contributed by atoms with Crippen molar-refractivity contribution < 1.29 is 37.4 Å². The second-order valence-electron chi connectivity index (χ2n) is 6.49. The topological polar surface area (TPSA) is 95.9 Å². The Morgan fingerprint density at radius 1 is 1.29 bits per heavy atom. The van der Waals surface area contributed by atoms with Crippen molar-refractivity contribution in [3.63, 3.8) is 0 Å². The average molecular weight is 398 g/mol. The number of benzene rings is 1. The van der Waals surface area contributed by atoms with E-state index >= 15 is 0 Å². The van der Waals surface area contributed by atoms with Crippen LogP contribution in [0.1, 0.15) is 18.5 Å². The van der Waals surface area contributed by atoms with Gasteiger partial charge in [-0.2, -0.15) is 0 Å². The van der Waals surface area contributed by atoms with Crippen LogP contribution in [0, 0.1) is 11.8 Å². The Labute approximate surface area is 157 Å². The third-order valence-electron chi connectivity index (χ3n) is 4.81. The second-order valence-corrected chi connectivity index (χ2v) is 6.49. The molecule has 10 heteroatoms. The summed E-state index contributed by atoms with van der Waals surface area (Å²) in [6, 6.07) is 2.68. The van der Waals surface area contributed by atoms with Gasteiger partial charge in [-0.1, -0.05) is 24.3 Å². The molecule has 0 saturated carbocycles. The van der Waals surface area contributed by atoms with Gasteiger partial charge in [-0.3, -0.25) is 24.6 Å². The highest BCUT2D eigenvalue weighted by Gasteiger charge is 2.60. The number of hydrogen-bond donors (Lipinski definition) is 2. The largest absolute Gasteiger partial charge is 0.573 e. The summed E-state index contributed by atoms with van der Waals surface area (Å²) in [4.78, 5) is 38.0. The van der Waals surface area contributed by atoms with E-state index in [4.69, 9.17) is 0 Å². The van der Waals surface area contributed by atoms with Gasteiger partial charge in [0.2, 0.25) is 11.8 Å². The summed E-state index contributed by atoms with van der Waals surface area (Å²) >= 11 is 0. The van der Waals surface area contributed by atoms with Gasteiger partial charge in [0.1, 0.15) is 11.8 Å². The summed E-state index contributed by atoms with van der Waals surface area (Å²) in [5.41, 5.74) is 0.231. The predicted molar refractivity (Wildman–Crippen MR) is 88.9 cm³/mol. The molecule has 0 aliphatic carbocycles. The van der Waals surface area contributed by atoms with Crippen molar-refractivity contribution in [2.45, 2.75) is 25.4 Å². The van der Waals surface area contributed by atoms with E-state index in [-0.39, 0.29) is 12.1 Å². The van der Waals surface area contributed by atoms with Crippen molar-refractivity contribution >= 4 is 17.8 Å². The highest BCUT2D eigenvalue weighted by atomic mass is 19.4. The van der Waals surface area contributed by atoms with Crippen molar-refractivity contribution in [3.05, 3.63) is 42.0 Å². The molecular weight excluding hydrogens is 381 g/mol. The number of aliphatic carboxylic acids is 1. The van der Waals surface area contributed by atoms with Gasteiger partial charge >= 0.3 is 12.3 Å². The number of imide groups is 1. The average Bonchev–Trinajstić information content (AvgIpc) is 3.10. The van der Waals surface area contributed by atoms with Crippen LogP contribution in [-0.4, -0.2) is 46.7 Å². The highest BCUT2D eigenvalue weighted by Crippen LogP contribution is 2.44. The normalized spacial score (nSPS) is 27.5. The lowest BCUT2D eigenvalue weighted by Crippen LogP contribution is -2.43. The fraction of sp³-hybridized carbons (Fsp3) is 0.389. The monoisotopic (exact) mass is 398 g/mol. The Morgan fingerprint density at radius 2 is 1.96 bits per heavy atom. The zero-order chi connectivity index (χ0) is 20.6. The molecular formula is C18H17F3N2O5. The number of carboxylic acid groups (broad SMARTS) is 1. The fourth-order valence-electron chi connectivity index (χ4n) is 3.70. The minimum absolute atomic E-state index is 0.0114. The molecule has 7 nitrogen and oxygen atoms in total. The quantitative estimate of drug-likeness (QED) is 0.581. The van der Waals surface area contributed by atoms with Crippen LogP contribution in [0.3, 0.4) is 0 Å². The van der Waals surface area contributed by atoms with Crippen LogP contribution in [0.4, 0.5) is 13.2 Å². The molecule has 0 spiro atoms. The molecule has 2 amide bonds. The molecule has 2 saturated heterocycles. The standard InChI is InChI=1S/C18H17F3N2O5/c1-2-3-7-23-15(24)11-12(16(23)25)14(17(26)27)22-13(11)9-5-4-6-10(8-9)28-18(19,20)21/h2-6,8,11-14,22H,7H2,1H3,(H,26,27). The number of nitrogens with one attached hydrogen (secondary N) is 1. The molecule has 150 valence electrons.